The molecule has 0 bridgehead atoms. The van der Waals surface area contributed by atoms with Crippen molar-refractivity contribution in [1.82, 2.24) is 4.98 Å². The maximum Gasteiger partial charge on any atom is 0.135 e. The molecular weight excluding hydrogens is 376 g/mol. The highest BCUT2D eigenvalue weighted by Gasteiger charge is 2.09. The van der Waals surface area contributed by atoms with Crippen LogP contribution in [-0.2, 0) is 0 Å². The van der Waals surface area contributed by atoms with Gasteiger partial charge < -0.3 is 4.74 Å². The molecule has 1 aromatic heterocycles. The summed E-state index contributed by atoms with van der Waals surface area (Å²) >= 11 is 7.41. The van der Waals surface area contributed by atoms with E-state index in [1.807, 2.05) is 66.7 Å². The van der Waals surface area contributed by atoms with Gasteiger partial charge in [0, 0.05) is 5.02 Å². The van der Waals surface area contributed by atoms with Crippen molar-refractivity contribution in [3.63, 3.8) is 0 Å². The van der Waals surface area contributed by atoms with E-state index in [1.54, 1.807) is 12.1 Å². The molecule has 0 saturated heterocycles. The molecule has 0 aliphatic rings. The summed E-state index contributed by atoms with van der Waals surface area (Å²) < 4.78 is 6.92. The number of allylic oxidation sites excluding steroid dienone is 1. The predicted molar refractivity (Wildman–Crippen MR) is 111 cm³/mol. The lowest BCUT2D eigenvalue weighted by atomic mass is 10.1. The number of thiazole rings is 1. The van der Waals surface area contributed by atoms with Crippen LogP contribution < -0.4 is 4.74 Å². The van der Waals surface area contributed by atoms with E-state index in [9.17, 15) is 5.26 Å². The quantitative estimate of drug-likeness (QED) is 0.361. The van der Waals surface area contributed by atoms with E-state index in [2.05, 4.69) is 11.1 Å². The highest BCUT2D eigenvalue weighted by molar-refractivity contribution is 7.19. The summed E-state index contributed by atoms with van der Waals surface area (Å²) in [6, 6.07) is 24.9. The second-order valence-corrected chi connectivity index (χ2v) is 7.25. The highest BCUT2D eigenvalue weighted by atomic mass is 35.5. The molecule has 0 N–H and O–H groups in total. The third kappa shape index (κ3) is 4.01. The van der Waals surface area contributed by atoms with Gasteiger partial charge in [0.2, 0.25) is 0 Å². The average molecular weight is 389 g/mol. The Morgan fingerprint density at radius 2 is 1.81 bits per heavy atom. The van der Waals surface area contributed by atoms with Crippen LogP contribution in [0.4, 0.5) is 0 Å². The first-order chi connectivity index (χ1) is 13.2. The van der Waals surface area contributed by atoms with Crippen molar-refractivity contribution in [2.75, 3.05) is 0 Å². The number of aromatic nitrogens is 1. The van der Waals surface area contributed by atoms with E-state index >= 15 is 0 Å². The van der Waals surface area contributed by atoms with Crippen LogP contribution >= 0.6 is 22.9 Å². The van der Waals surface area contributed by atoms with Gasteiger partial charge in [-0.25, -0.2) is 4.98 Å². The Labute approximate surface area is 165 Å². The number of nitrogens with zero attached hydrogens (tertiary/aromatic N) is 2. The molecular formula is C22H13ClN2OS. The van der Waals surface area contributed by atoms with Gasteiger partial charge in [-0.3, -0.25) is 0 Å². The lowest BCUT2D eigenvalue weighted by Crippen LogP contribution is -1.85. The first-order valence-corrected chi connectivity index (χ1v) is 9.42. The van der Waals surface area contributed by atoms with Crippen LogP contribution in [0.25, 0.3) is 21.9 Å². The molecule has 3 nitrogen and oxygen atoms in total. The van der Waals surface area contributed by atoms with Crippen molar-refractivity contribution in [2.45, 2.75) is 0 Å². The normalized spacial score (nSPS) is 11.3. The minimum absolute atomic E-state index is 0.528. The van der Waals surface area contributed by atoms with Gasteiger partial charge in [0.15, 0.2) is 0 Å². The number of fused-ring (bicyclic) bond motifs is 1. The molecule has 0 fully saturated rings. The van der Waals surface area contributed by atoms with Crippen molar-refractivity contribution >= 4 is 44.8 Å². The third-order valence-corrected chi connectivity index (χ3v) is 5.18. The second kappa shape index (κ2) is 7.63. The van der Waals surface area contributed by atoms with Gasteiger partial charge in [-0.2, -0.15) is 5.26 Å². The molecule has 1 heterocycles. The molecule has 130 valence electrons. The second-order valence-electron chi connectivity index (χ2n) is 5.79. The zero-order valence-electron chi connectivity index (χ0n) is 14.1. The zero-order chi connectivity index (χ0) is 18.6. The summed E-state index contributed by atoms with van der Waals surface area (Å²) in [6.07, 6.45) is 1.83. The monoisotopic (exact) mass is 388 g/mol. The van der Waals surface area contributed by atoms with Crippen LogP contribution in [0.2, 0.25) is 5.02 Å². The number of ether oxygens (including phenoxy) is 1. The highest BCUT2D eigenvalue weighted by Crippen LogP contribution is 2.29. The van der Waals surface area contributed by atoms with Gasteiger partial charge in [0.05, 0.1) is 15.8 Å². The Morgan fingerprint density at radius 3 is 2.59 bits per heavy atom. The number of para-hydroxylation sites is 1. The van der Waals surface area contributed by atoms with Gasteiger partial charge in [0.1, 0.15) is 22.6 Å². The minimum Gasteiger partial charge on any atom is -0.457 e. The SMILES string of the molecule is N#CC(=Cc1cccc(Oc2ccc(Cl)cc2)c1)c1nc2ccccc2s1. The molecule has 0 saturated carbocycles. The molecule has 4 rings (SSSR count). The van der Waals surface area contributed by atoms with Gasteiger partial charge in [0.25, 0.3) is 0 Å². The summed E-state index contributed by atoms with van der Waals surface area (Å²) in [6.45, 7) is 0. The number of hydrogen-bond acceptors (Lipinski definition) is 4. The minimum atomic E-state index is 0.528. The van der Waals surface area contributed by atoms with Crippen molar-refractivity contribution in [2.24, 2.45) is 0 Å². The molecule has 4 aromatic rings. The molecule has 0 unspecified atom stereocenters. The maximum atomic E-state index is 9.60. The predicted octanol–water partition coefficient (Wildman–Crippen LogP) is 6.81. The third-order valence-electron chi connectivity index (χ3n) is 3.86. The molecule has 0 spiro atoms. The summed E-state index contributed by atoms with van der Waals surface area (Å²) in [4.78, 5) is 4.56. The fourth-order valence-electron chi connectivity index (χ4n) is 2.60. The number of nitriles is 1. The maximum absolute atomic E-state index is 9.60. The van der Waals surface area contributed by atoms with E-state index in [-0.39, 0.29) is 0 Å². The van der Waals surface area contributed by atoms with E-state index < -0.39 is 0 Å². The zero-order valence-corrected chi connectivity index (χ0v) is 15.7. The van der Waals surface area contributed by atoms with Crippen molar-refractivity contribution < 1.29 is 4.74 Å². The summed E-state index contributed by atoms with van der Waals surface area (Å²) in [5.41, 5.74) is 2.30. The first kappa shape index (κ1) is 17.3. The fourth-order valence-corrected chi connectivity index (χ4v) is 3.66. The standard InChI is InChI=1S/C22H13ClN2OS/c23-17-8-10-18(11-9-17)26-19-5-3-4-15(13-19)12-16(14-24)22-25-20-6-1-2-7-21(20)27-22/h1-13H. The van der Waals surface area contributed by atoms with Crippen LogP contribution in [0.5, 0.6) is 11.5 Å². The number of hydrogen-bond donors (Lipinski definition) is 0. The topological polar surface area (TPSA) is 45.9 Å². The lowest BCUT2D eigenvalue weighted by molar-refractivity contribution is 0.482. The molecule has 0 amide bonds. The smallest absolute Gasteiger partial charge is 0.135 e. The summed E-state index contributed by atoms with van der Waals surface area (Å²) in [5.74, 6) is 1.39. The molecule has 0 atom stereocenters. The molecule has 0 aliphatic carbocycles. The summed E-state index contributed by atoms with van der Waals surface area (Å²) in [5, 5.41) is 11.0. The van der Waals surface area contributed by atoms with E-state index in [1.165, 1.54) is 11.3 Å². The molecule has 0 radical (unpaired) electrons. The lowest BCUT2D eigenvalue weighted by Gasteiger charge is -2.06. The van der Waals surface area contributed by atoms with E-state index in [4.69, 9.17) is 16.3 Å². The Kier molecular flexibility index (Phi) is 4.88. The van der Waals surface area contributed by atoms with Crippen LogP contribution in [0, 0.1) is 11.3 Å². The van der Waals surface area contributed by atoms with E-state index in [0.717, 1.165) is 15.8 Å². The Bertz CT molecular complexity index is 1140. The Hall–Kier alpha value is -3.13. The Morgan fingerprint density at radius 1 is 1.00 bits per heavy atom. The van der Waals surface area contributed by atoms with Crippen molar-refractivity contribution in [3.8, 4) is 17.6 Å². The molecule has 27 heavy (non-hydrogen) atoms. The first-order valence-electron chi connectivity index (χ1n) is 8.22. The van der Waals surface area contributed by atoms with Gasteiger partial charge in [-0.1, -0.05) is 35.9 Å². The van der Waals surface area contributed by atoms with Crippen LogP contribution in [0.15, 0.2) is 72.8 Å². The fraction of sp³-hybridized carbons (Fsp3) is 0. The Balaban J connectivity index is 1.63. The van der Waals surface area contributed by atoms with Crippen LogP contribution in [0.1, 0.15) is 10.6 Å². The molecule has 5 heteroatoms. The molecule has 0 aliphatic heterocycles. The number of halogens is 1. The average Bonchev–Trinajstić information content (AvgIpc) is 3.12. The van der Waals surface area contributed by atoms with Gasteiger partial charge >= 0.3 is 0 Å². The molecule has 3 aromatic carbocycles. The van der Waals surface area contributed by atoms with Gasteiger partial charge in [-0.15, -0.1) is 11.3 Å². The van der Waals surface area contributed by atoms with Gasteiger partial charge in [-0.05, 0) is 60.2 Å². The number of benzene rings is 3. The van der Waals surface area contributed by atoms with E-state index in [0.29, 0.717) is 27.1 Å². The summed E-state index contributed by atoms with van der Waals surface area (Å²) in [7, 11) is 0. The van der Waals surface area contributed by atoms with Crippen molar-refractivity contribution in [1.29, 1.82) is 5.26 Å². The van der Waals surface area contributed by atoms with Crippen LogP contribution in [-0.4, -0.2) is 4.98 Å². The van der Waals surface area contributed by atoms with Crippen molar-refractivity contribution in [3.05, 3.63) is 88.4 Å². The van der Waals surface area contributed by atoms with Crippen LogP contribution in [0.3, 0.4) is 0 Å². The largest absolute Gasteiger partial charge is 0.457 e. The number of rotatable bonds is 4.